The fourth-order valence-corrected chi connectivity index (χ4v) is 2.11. The zero-order valence-electron chi connectivity index (χ0n) is 14.4. The summed E-state index contributed by atoms with van der Waals surface area (Å²) in [6.07, 6.45) is 4.18. The van der Waals surface area contributed by atoms with E-state index in [0.29, 0.717) is 13.1 Å². The van der Waals surface area contributed by atoms with Gasteiger partial charge in [-0.2, -0.15) is 0 Å². The number of carbonyl (C=O) groups is 1. The van der Waals surface area contributed by atoms with Gasteiger partial charge in [-0.1, -0.05) is 35.9 Å². The molecule has 0 spiro atoms. The maximum atomic E-state index is 9.60. The van der Waals surface area contributed by atoms with E-state index < -0.39 is 0 Å². The van der Waals surface area contributed by atoms with E-state index in [4.69, 9.17) is 16.3 Å². The molecule has 128 valence electrons. The largest absolute Gasteiger partial charge is 0.462 e. The first-order chi connectivity index (χ1) is 10.6. The maximum absolute atomic E-state index is 9.60. The van der Waals surface area contributed by atoms with E-state index in [9.17, 15) is 4.79 Å². The molecule has 0 aliphatic carbocycles. The van der Waals surface area contributed by atoms with Gasteiger partial charge in [0.05, 0.1) is 12.6 Å². The fourth-order valence-electron chi connectivity index (χ4n) is 1.91. The van der Waals surface area contributed by atoms with Crippen molar-refractivity contribution in [1.29, 1.82) is 0 Å². The van der Waals surface area contributed by atoms with Crippen LogP contribution in [0.1, 0.15) is 40.2 Å². The van der Waals surface area contributed by atoms with Crippen molar-refractivity contribution >= 4 is 24.1 Å². The zero-order chi connectivity index (χ0) is 17.5. The molecule has 1 heterocycles. The Morgan fingerprint density at radius 1 is 1.39 bits per heavy atom. The van der Waals surface area contributed by atoms with Crippen molar-refractivity contribution in [3.05, 3.63) is 40.9 Å². The van der Waals surface area contributed by atoms with Gasteiger partial charge in [0, 0.05) is 5.02 Å². The van der Waals surface area contributed by atoms with Crippen molar-refractivity contribution < 1.29 is 14.3 Å². The number of carbonyl (C=O) groups excluding carboxylic acids is 1. The normalized spacial score (nSPS) is 20.0. The second-order valence-corrected chi connectivity index (χ2v) is 7.25. The first-order valence-corrected chi connectivity index (χ1v) is 7.96. The van der Waals surface area contributed by atoms with Crippen molar-refractivity contribution in [2.24, 2.45) is 0 Å². The molecule has 1 aromatic carbocycles. The Labute approximate surface area is 143 Å². The predicted octanol–water partition coefficient (Wildman–Crippen LogP) is 4.04. The molecule has 1 fully saturated rings. The molecule has 1 saturated heterocycles. The van der Waals surface area contributed by atoms with Crippen LogP contribution in [0.3, 0.4) is 0 Å². The summed E-state index contributed by atoms with van der Waals surface area (Å²) in [5.74, 6) is 0. The molecule has 4 nitrogen and oxygen atoms in total. The van der Waals surface area contributed by atoms with Crippen LogP contribution in [0, 0.1) is 0 Å². The molecule has 1 unspecified atom stereocenters. The van der Waals surface area contributed by atoms with E-state index in [2.05, 4.69) is 22.2 Å². The molecule has 0 bridgehead atoms. The molecule has 0 amide bonds. The maximum Gasteiger partial charge on any atom is 0.293 e. The van der Waals surface area contributed by atoms with Crippen LogP contribution in [0.2, 0.25) is 5.02 Å². The number of halogens is 1. The summed E-state index contributed by atoms with van der Waals surface area (Å²) in [7, 11) is 0. The number of ether oxygens (including phenoxy) is 2. The third-order valence-corrected chi connectivity index (χ3v) is 3.16. The lowest BCUT2D eigenvalue weighted by Gasteiger charge is -2.16. The lowest BCUT2D eigenvalue weighted by atomic mass is 10.2. The van der Waals surface area contributed by atoms with Crippen LogP contribution in [0.25, 0.3) is 6.08 Å². The van der Waals surface area contributed by atoms with Gasteiger partial charge in [-0.05, 0) is 52.3 Å². The van der Waals surface area contributed by atoms with E-state index in [1.807, 2.05) is 58.9 Å². The Morgan fingerprint density at radius 3 is 2.52 bits per heavy atom. The molecule has 1 aliphatic rings. The summed E-state index contributed by atoms with van der Waals surface area (Å²) in [5.41, 5.74) is 0.574. The topological polar surface area (TPSA) is 47.6 Å². The quantitative estimate of drug-likeness (QED) is 0.844. The van der Waals surface area contributed by atoms with Crippen molar-refractivity contribution in [1.82, 2.24) is 5.32 Å². The number of nitrogens with one attached hydrogen (secondary N) is 1. The molecule has 0 radical (unpaired) electrons. The van der Waals surface area contributed by atoms with Gasteiger partial charge in [0.25, 0.3) is 6.47 Å². The summed E-state index contributed by atoms with van der Waals surface area (Å²) >= 11 is 5.91. The lowest BCUT2D eigenvalue weighted by Crippen LogP contribution is -2.37. The van der Waals surface area contributed by atoms with Gasteiger partial charge in [-0.25, -0.2) is 0 Å². The number of hydrogen-bond acceptors (Lipinski definition) is 4. The molecular weight excluding hydrogens is 314 g/mol. The van der Waals surface area contributed by atoms with Crippen LogP contribution < -0.4 is 5.32 Å². The molecule has 5 heteroatoms. The van der Waals surface area contributed by atoms with E-state index in [1.54, 1.807) is 0 Å². The molecule has 23 heavy (non-hydrogen) atoms. The Bertz CT molecular complexity index is 535. The number of benzene rings is 1. The summed E-state index contributed by atoms with van der Waals surface area (Å²) in [6.45, 7) is 10.7. The Kier molecular flexibility index (Phi) is 7.26. The summed E-state index contributed by atoms with van der Waals surface area (Å²) < 4.78 is 10.1. The summed E-state index contributed by atoms with van der Waals surface area (Å²) in [5, 5.41) is 4.14. The van der Waals surface area contributed by atoms with Crippen LogP contribution in [0.4, 0.5) is 0 Å². The van der Waals surface area contributed by atoms with Gasteiger partial charge in [0.2, 0.25) is 0 Å². The molecule has 1 aliphatic heterocycles. The Hall–Kier alpha value is -1.36. The molecule has 1 N–H and O–H groups in total. The lowest BCUT2D eigenvalue weighted by molar-refractivity contribution is -0.138. The minimum absolute atomic E-state index is 0.219. The van der Waals surface area contributed by atoms with Crippen molar-refractivity contribution in [3.8, 4) is 0 Å². The van der Waals surface area contributed by atoms with E-state index >= 15 is 0 Å². The molecule has 0 aromatic heterocycles. The zero-order valence-corrected chi connectivity index (χ0v) is 15.2. The van der Waals surface area contributed by atoms with Crippen LogP contribution in [0.15, 0.2) is 30.3 Å². The highest BCUT2D eigenvalue weighted by atomic mass is 35.5. The second-order valence-electron chi connectivity index (χ2n) is 6.81. The van der Waals surface area contributed by atoms with Crippen LogP contribution in [-0.4, -0.2) is 30.4 Å². The number of hydrogen-bond donors (Lipinski definition) is 1. The predicted molar refractivity (Wildman–Crippen MR) is 94.3 cm³/mol. The van der Waals surface area contributed by atoms with Gasteiger partial charge >= 0.3 is 0 Å². The highest BCUT2D eigenvalue weighted by Gasteiger charge is 2.28. The van der Waals surface area contributed by atoms with Crippen LogP contribution >= 0.6 is 11.6 Å². The number of rotatable bonds is 3. The monoisotopic (exact) mass is 339 g/mol. The highest BCUT2D eigenvalue weighted by Crippen LogP contribution is 2.17. The van der Waals surface area contributed by atoms with Crippen LogP contribution in [0.5, 0.6) is 0 Å². The average molecular weight is 340 g/mol. The third kappa shape index (κ3) is 8.74. The van der Waals surface area contributed by atoms with E-state index in [0.717, 1.165) is 10.6 Å². The van der Waals surface area contributed by atoms with E-state index in [-0.39, 0.29) is 17.4 Å². The molecular formula is C18H26ClNO3. The highest BCUT2D eigenvalue weighted by molar-refractivity contribution is 6.30. The smallest absolute Gasteiger partial charge is 0.293 e. The average Bonchev–Trinajstić information content (AvgIpc) is 2.75. The van der Waals surface area contributed by atoms with Crippen molar-refractivity contribution in [2.75, 3.05) is 6.61 Å². The van der Waals surface area contributed by atoms with Gasteiger partial charge in [0.15, 0.2) is 0 Å². The molecule has 1 aromatic rings. The van der Waals surface area contributed by atoms with Crippen molar-refractivity contribution in [2.45, 2.75) is 52.0 Å². The van der Waals surface area contributed by atoms with Gasteiger partial charge in [-0.15, -0.1) is 0 Å². The van der Waals surface area contributed by atoms with Gasteiger partial charge in [-0.3, -0.25) is 10.1 Å². The van der Waals surface area contributed by atoms with Crippen molar-refractivity contribution in [3.63, 3.8) is 0 Å². The molecule has 2 rings (SSSR count). The van der Waals surface area contributed by atoms with E-state index in [1.165, 1.54) is 0 Å². The second kappa shape index (κ2) is 8.48. The van der Waals surface area contributed by atoms with Gasteiger partial charge in [0.1, 0.15) is 11.3 Å². The SMILES string of the molecule is CC(C)(C)OC=O.CC1(C)NC(/C=C/c2cccc(Cl)c2)CO1. The Balaban J connectivity index is 0.000000322. The fraction of sp³-hybridized carbons (Fsp3) is 0.500. The summed E-state index contributed by atoms with van der Waals surface area (Å²) in [4.78, 5) is 9.60. The molecule has 0 saturated carbocycles. The Morgan fingerprint density at radius 2 is 2.09 bits per heavy atom. The first-order valence-electron chi connectivity index (χ1n) is 7.58. The minimum atomic E-state index is -0.318. The first kappa shape index (κ1) is 19.7. The minimum Gasteiger partial charge on any atom is -0.462 e. The standard InChI is InChI=1S/C13H16ClNO.C5H10O2/c1-13(2)15-12(9-16-13)7-6-10-4-3-5-11(14)8-10;1-5(2,3)7-4-6/h3-8,12,15H,9H2,1-2H3;4H,1-3H3/b7-6+;. The third-order valence-electron chi connectivity index (χ3n) is 2.93. The van der Waals surface area contributed by atoms with Gasteiger partial charge < -0.3 is 9.47 Å². The van der Waals surface area contributed by atoms with Crippen LogP contribution in [-0.2, 0) is 14.3 Å². The summed E-state index contributed by atoms with van der Waals surface area (Å²) in [6, 6.07) is 8.07. The molecule has 1 atom stereocenters.